The van der Waals surface area contributed by atoms with E-state index in [4.69, 9.17) is 9.47 Å². The second-order valence-corrected chi connectivity index (χ2v) is 9.45. The highest BCUT2D eigenvalue weighted by molar-refractivity contribution is 7.92. The quantitative estimate of drug-likeness (QED) is 0.486. The molecule has 0 aromatic heterocycles. The summed E-state index contributed by atoms with van der Waals surface area (Å²) < 4.78 is 38.7. The van der Waals surface area contributed by atoms with E-state index in [1.165, 1.54) is 12.1 Å². The van der Waals surface area contributed by atoms with Crippen molar-refractivity contribution in [2.24, 2.45) is 0 Å². The lowest BCUT2D eigenvalue weighted by molar-refractivity contribution is -0.119. The summed E-state index contributed by atoms with van der Waals surface area (Å²) in [6.45, 7) is 3.71. The van der Waals surface area contributed by atoms with Crippen molar-refractivity contribution in [3.05, 3.63) is 84.4 Å². The average Bonchev–Trinajstić information content (AvgIpc) is 2.82. The number of hydrogen-bond acceptors (Lipinski definition) is 5. The maximum atomic E-state index is 13.3. The Bertz CT molecular complexity index is 1170. The number of hydrogen-bond donors (Lipinski definition) is 1. The van der Waals surface area contributed by atoms with E-state index in [0.717, 1.165) is 9.87 Å². The zero-order valence-corrected chi connectivity index (χ0v) is 19.7. The Morgan fingerprint density at radius 2 is 1.58 bits per heavy atom. The van der Waals surface area contributed by atoms with Crippen molar-refractivity contribution >= 4 is 21.6 Å². The van der Waals surface area contributed by atoms with Crippen LogP contribution in [0, 0.1) is 0 Å². The second-order valence-electron chi connectivity index (χ2n) is 7.59. The van der Waals surface area contributed by atoms with E-state index in [1.54, 1.807) is 67.8 Å². The molecule has 0 saturated carbocycles. The van der Waals surface area contributed by atoms with Gasteiger partial charge >= 0.3 is 0 Å². The smallest absolute Gasteiger partial charge is 0.264 e. The zero-order valence-electron chi connectivity index (χ0n) is 18.9. The van der Waals surface area contributed by atoms with Crippen LogP contribution in [0.2, 0.25) is 0 Å². The molecule has 0 aliphatic heterocycles. The van der Waals surface area contributed by atoms with Crippen LogP contribution in [0.1, 0.15) is 19.4 Å². The Kier molecular flexibility index (Phi) is 7.95. The number of rotatable bonds is 10. The lowest BCUT2D eigenvalue weighted by Gasteiger charge is -2.24. The number of ether oxygens (including phenoxy) is 2. The van der Waals surface area contributed by atoms with Gasteiger partial charge in [0.2, 0.25) is 5.91 Å². The second kappa shape index (κ2) is 10.9. The van der Waals surface area contributed by atoms with E-state index in [2.05, 4.69) is 5.32 Å². The molecule has 33 heavy (non-hydrogen) atoms. The maximum Gasteiger partial charge on any atom is 0.264 e. The highest BCUT2D eigenvalue weighted by Gasteiger charge is 2.26. The van der Waals surface area contributed by atoms with E-state index in [-0.39, 0.29) is 24.1 Å². The summed E-state index contributed by atoms with van der Waals surface area (Å²) in [7, 11) is -2.37. The molecule has 0 spiro atoms. The van der Waals surface area contributed by atoms with Crippen LogP contribution in [0.4, 0.5) is 5.69 Å². The predicted octanol–water partition coefficient (Wildman–Crippen LogP) is 3.99. The normalized spacial score (nSPS) is 11.2. The van der Waals surface area contributed by atoms with Gasteiger partial charge in [0.15, 0.2) is 11.5 Å². The van der Waals surface area contributed by atoms with Crippen molar-refractivity contribution in [1.82, 2.24) is 5.32 Å². The Morgan fingerprint density at radius 1 is 0.939 bits per heavy atom. The summed E-state index contributed by atoms with van der Waals surface area (Å²) in [5, 5.41) is 2.79. The third-order valence-electron chi connectivity index (χ3n) is 4.74. The number of carbonyl (C=O) groups is 1. The minimum Gasteiger partial charge on any atom is -0.493 e. The summed E-state index contributed by atoms with van der Waals surface area (Å²) in [5.41, 5.74) is 1.21. The molecule has 0 aliphatic rings. The molecule has 7 nitrogen and oxygen atoms in total. The fourth-order valence-electron chi connectivity index (χ4n) is 3.19. The van der Waals surface area contributed by atoms with Gasteiger partial charge in [0.1, 0.15) is 6.54 Å². The van der Waals surface area contributed by atoms with Gasteiger partial charge in [-0.2, -0.15) is 0 Å². The highest BCUT2D eigenvalue weighted by atomic mass is 32.2. The molecule has 1 amide bonds. The van der Waals surface area contributed by atoms with Crippen LogP contribution in [0.5, 0.6) is 11.5 Å². The molecule has 1 N–H and O–H groups in total. The molecule has 0 atom stereocenters. The first-order chi connectivity index (χ1) is 15.8. The van der Waals surface area contributed by atoms with E-state index in [9.17, 15) is 13.2 Å². The lowest BCUT2D eigenvalue weighted by Crippen LogP contribution is -2.40. The van der Waals surface area contributed by atoms with Crippen molar-refractivity contribution in [2.45, 2.75) is 31.4 Å². The fraction of sp³-hybridized carbons (Fsp3) is 0.240. The summed E-state index contributed by atoms with van der Waals surface area (Å²) in [5.74, 6) is 0.750. The zero-order chi connectivity index (χ0) is 23.8. The Labute approximate surface area is 195 Å². The van der Waals surface area contributed by atoms with Crippen LogP contribution in [0.25, 0.3) is 0 Å². The van der Waals surface area contributed by atoms with E-state index in [1.807, 2.05) is 19.9 Å². The van der Waals surface area contributed by atoms with Crippen molar-refractivity contribution in [1.29, 1.82) is 0 Å². The van der Waals surface area contributed by atoms with E-state index in [0.29, 0.717) is 17.2 Å². The number of amides is 1. The summed E-state index contributed by atoms with van der Waals surface area (Å²) in [4.78, 5) is 12.9. The van der Waals surface area contributed by atoms with E-state index < -0.39 is 15.9 Å². The standard InChI is InChI=1S/C25H28N2O5S/c1-19(2)32-23-15-14-20(16-24(23)31-3)17-26-25(28)18-27(21-10-6-4-7-11-21)33(29,30)22-12-8-5-9-13-22/h4-16,19H,17-18H2,1-3H3,(H,26,28). The van der Waals surface area contributed by atoms with Crippen LogP contribution < -0.4 is 19.1 Å². The Hall–Kier alpha value is -3.52. The Morgan fingerprint density at radius 3 is 2.18 bits per heavy atom. The molecule has 8 heteroatoms. The molecule has 3 rings (SSSR count). The van der Waals surface area contributed by atoms with Crippen LogP contribution in [-0.4, -0.2) is 34.1 Å². The van der Waals surface area contributed by atoms with Crippen molar-refractivity contribution in [2.75, 3.05) is 18.0 Å². The Balaban J connectivity index is 1.76. The first kappa shape index (κ1) is 24.1. The number of methoxy groups -OCH3 is 1. The average molecular weight is 469 g/mol. The number of para-hydroxylation sites is 1. The van der Waals surface area contributed by atoms with Gasteiger partial charge < -0.3 is 14.8 Å². The number of sulfonamides is 1. The van der Waals surface area contributed by atoms with Gasteiger partial charge in [-0.05, 0) is 55.8 Å². The van der Waals surface area contributed by atoms with Gasteiger partial charge in [0.05, 0.1) is 23.8 Å². The molecule has 174 valence electrons. The summed E-state index contributed by atoms with van der Waals surface area (Å²) in [6.07, 6.45) is -0.0000131. The highest BCUT2D eigenvalue weighted by Crippen LogP contribution is 2.29. The number of anilines is 1. The van der Waals surface area contributed by atoms with Crippen LogP contribution in [-0.2, 0) is 21.4 Å². The number of nitrogens with one attached hydrogen (secondary N) is 1. The minimum atomic E-state index is -3.92. The molecule has 0 unspecified atom stereocenters. The number of benzene rings is 3. The van der Waals surface area contributed by atoms with Gasteiger partial charge in [-0.25, -0.2) is 8.42 Å². The molecule has 3 aromatic carbocycles. The first-order valence-corrected chi connectivity index (χ1v) is 12.0. The van der Waals surface area contributed by atoms with Gasteiger partial charge in [0, 0.05) is 6.54 Å². The van der Waals surface area contributed by atoms with Gasteiger partial charge in [-0.1, -0.05) is 42.5 Å². The maximum absolute atomic E-state index is 13.3. The van der Waals surface area contributed by atoms with Gasteiger partial charge in [0.25, 0.3) is 10.0 Å². The van der Waals surface area contributed by atoms with Crippen molar-refractivity contribution in [3.8, 4) is 11.5 Å². The van der Waals surface area contributed by atoms with Crippen molar-refractivity contribution < 1.29 is 22.7 Å². The SMILES string of the molecule is COc1cc(CNC(=O)CN(c2ccccc2)S(=O)(=O)c2ccccc2)ccc1OC(C)C. The molecule has 0 bridgehead atoms. The number of carbonyl (C=O) groups excluding carboxylic acids is 1. The van der Waals surface area contributed by atoms with Crippen LogP contribution in [0.15, 0.2) is 83.8 Å². The molecular weight excluding hydrogens is 440 g/mol. The van der Waals surface area contributed by atoms with Gasteiger partial charge in [-0.15, -0.1) is 0 Å². The summed E-state index contributed by atoms with van der Waals surface area (Å²) >= 11 is 0. The predicted molar refractivity (Wildman–Crippen MR) is 128 cm³/mol. The molecule has 0 heterocycles. The monoisotopic (exact) mass is 468 g/mol. The topological polar surface area (TPSA) is 84.9 Å². The molecule has 0 aliphatic carbocycles. The molecule has 0 radical (unpaired) electrons. The number of nitrogens with zero attached hydrogens (tertiary/aromatic N) is 1. The lowest BCUT2D eigenvalue weighted by atomic mass is 10.2. The summed E-state index contributed by atoms with van der Waals surface area (Å²) in [6, 6.07) is 22.0. The van der Waals surface area contributed by atoms with Gasteiger partial charge in [-0.3, -0.25) is 9.10 Å². The first-order valence-electron chi connectivity index (χ1n) is 10.5. The van der Waals surface area contributed by atoms with Crippen molar-refractivity contribution in [3.63, 3.8) is 0 Å². The third kappa shape index (κ3) is 6.26. The van der Waals surface area contributed by atoms with E-state index >= 15 is 0 Å². The van der Waals surface area contributed by atoms with Crippen LogP contribution in [0.3, 0.4) is 0 Å². The molecule has 0 fully saturated rings. The molecule has 3 aromatic rings. The largest absolute Gasteiger partial charge is 0.493 e. The minimum absolute atomic E-state index is 0.0000131. The third-order valence-corrected chi connectivity index (χ3v) is 6.53. The van der Waals surface area contributed by atoms with Crippen LogP contribution >= 0.6 is 0 Å². The fourth-order valence-corrected chi connectivity index (χ4v) is 4.63. The molecule has 0 saturated heterocycles. The molecular formula is C25H28N2O5S.